The van der Waals surface area contributed by atoms with Crippen LogP contribution in [-0.4, -0.2) is 30.7 Å². The van der Waals surface area contributed by atoms with Crippen molar-refractivity contribution in [3.63, 3.8) is 0 Å². The Bertz CT molecular complexity index is 491. The molecule has 6 nitrogen and oxygen atoms in total. The van der Waals surface area contributed by atoms with Crippen LogP contribution in [0.3, 0.4) is 0 Å². The van der Waals surface area contributed by atoms with Crippen LogP contribution < -0.4 is 0 Å². The van der Waals surface area contributed by atoms with E-state index < -0.39 is 5.97 Å². The molecule has 0 aliphatic rings. The van der Waals surface area contributed by atoms with Crippen molar-refractivity contribution in [2.45, 2.75) is 13.3 Å². The lowest BCUT2D eigenvalue weighted by atomic mass is 10.4. The predicted molar refractivity (Wildman–Crippen MR) is 47.1 cm³/mol. The van der Waals surface area contributed by atoms with Crippen molar-refractivity contribution in [2.24, 2.45) is 0 Å². The van der Waals surface area contributed by atoms with E-state index in [2.05, 4.69) is 15.1 Å². The minimum absolute atomic E-state index is 0.0715. The maximum atomic E-state index is 10.8. The predicted octanol–water partition coefficient (Wildman–Crippen LogP) is 0.385. The van der Waals surface area contributed by atoms with E-state index >= 15 is 0 Å². The SMILES string of the molecule is CCc1nc2nccc(C(=O)O)n2n1. The molecule has 1 N–H and O–H groups in total. The zero-order valence-electron chi connectivity index (χ0n) is 7.51. The number of fused-ring (bicyclic) bond motifs is 1. The molecule has 14 heavy (non-hydrogen) atoms. The Labute approximate surface area is 79.2 Å². The van der Waals surface area contributed by atoms with E-state index in [1.165, 1.54) is 16.8 Å². The summed E-state index contributed by atoms with van der Waals surface area (Å²) >= 11 is 0. The van der Waals surface area contributed by atoms with Gasteiger partial charge in [0.1, 0.15) is 0 Å². The Morgan fingerprint density at radius 1 is 1.64 bits per heavy atom. The number of carbonyl (C=O) groups is 1. The number of carboxylic acid groups (broad SMARTS) is 1. The third kappa shape index (κ3) is 1.20. The lowest BCUT2D eigenvalue weighted by Crippen LogP contribution is -2.06. The van der Waals surface area contributed by atoms with Crippen molar-refractivity contribution < 1.29 is 9.90 Å². The third-order valence-corrected chi connectivity index (χ3v) is 1.82. The molecule has 0 atom stereocenters. The highest BCUT2D eigenvalue weighted by Crippen LogP contribution is 2.03. The number of aromatic carboxylic acids is 1. The molecule has 0 bridgehead atoms. The van der Waals surface area contributed by atoms with Crippen LogP contribution in [0.4, 0.5) is 0 Å². The van der Waals surface area contributed by atoms with Crippen LogP contribution in [0, 0.1) is 0 Å². The number of nitrogens with zero attached hydrogens (tertiary/aromatic N) is 4. The largest absolute Gasteiger partial charge is 0.477 e. The smallest absolute Gasteiger partial charge is 0.354 e. The first kappa shape index (κ1) is 8.61. The van der Waals surface area contributed by atoms with Gasteiger partial charge in [0.05, 0.1) is 0 Å². The molecule has 2 heterocycles. The second-order valence-corrected chi connectivity index (χ2v) is 2.73. The lowest BCUT2D eigenvalue weighted by molar-refractivity contribution is 0.0687. The minimum Gasteiger partial charge on any atom is -0.477 e. The van der Waals surface area contributed by atoms with Crippen LogP contribution in [0.25, 0.3) is 5.78 Å². The zero-order valence-corrected chi connectivity index (χ0v) is 7.51. The Morgan fingerprint density at radius 3 is 3.07 bits per heavy atom. The van der Waals surface area contributed by atoms with E-state index in [0.717, 1.165) is 0 Å². The number of carboxylic acids is 1. The number of hydrogen-bond acceptors (Lipinski definition) is 4. The first-order valence-electron chi connectivity index (χ1n) is 4.16. The topological polar surface area (TPSA) is 80.4 Å². The average molecular weight is 192 g/mol. The van der Waals surface area contributed by atoms with Gasteiger partial charge in [0.15, 0.2) is 11.5 Å². The standard InChI is InChI=1S/C8H8N4O2/c1-2-6-10-8-9-4-3-5(7(13)14)12(8)11-6/h3-4H,2H2,1H3,(H,13,14). The summed E-state index contributed by atoms with van der Waals surface area (Å²) in [6, 6.07) is 1.39. The van der Waals surface area contributed by atoms with Crippen LogP contribution >= 0.6 is 0 Å². The molecular formula is C8H8N4O2. The molecule has 2 aromatic heterocycles. The van der Waals surface area contributed by atoms with Crippen LogP contribution in [0.5, 0.6) is 0 Å². The summed E-state index contributed by atoms with van der Waals surface area (Å²) in [5.41, 5.74) is 0.0715. The molecule has 2 rings (SSSR count). The van der Waals surface area contributed by atoms with Gasteiger partial charge in [-0.2, -0.15) is 9.50 Å². The molecule has 0 aliphatic heterocycles. The molecule has 0 aliphatic carbocycles. The molecule has 2 aromatic rings. The van der Waals surface area contributed by atoms with Gasteiger partial charge in [-0.1, -0.05) is 6.92 Å². The van der Waals surface area contributed by atoms with Gasteiger partial charge in [0, 0.05) is 12.6 Å². The van der Waals surface area contributed by atoms with E-state index in [1.54, 1.807) is 0 Å². The monoisotopic (exact) mass is 192 g/mol. The summed E-state index contributed by atoms with van der Waals surface area (Å²) in [6.07, 6.45) is 2.06. The second kappa shape index (κ2) is 3.06. The molecule has 0 saturated carbocycles. The second-order valence-electron chi connectivity index (χ2n) is 2.73. The average Bonchev–Trinajstić information content (AvgIpc) is 2.59. The maximum Gasteiger partial charge on any atom is 0.354 e. The quantitative estimate of drug-likeness (QED) is 0.744. The minimum atomic E-state index is -1.04. The summed E-state index contributed by atoms with van der Waals surface area (Å²) in [5, 5.41) is 12.9. The molecule has 0 aromatic carbocycles. The van der Waals surface area contributed by atoms with Gasteiger partial charge in [0.2, 0.25) is 0 Å². The van der Waals surface area contributed by atoms with Gasteiger partial charge >= 0.3 is 5.97 Å². The Balaban J connectivity index is 2.73. The van der Waals surface area contributed by atoms with Crippen LogP contribution in [-0.2, 0) is 6.42 Å². The molecule has 0 radical (unpaired) electrons. The molecule has 72 valence electrons. The summed E-state index contributed by atoms with van der Waals surface area (Å²) in [6.45, 7) is 1.90. The van der Waals surface area contributed by atoms with E-state index in [1.807, 2.05) is 6.92 Å². The highest BCUT2D eigenvalue weighted by atomic mass is 16.4. The molecule has 6 heteroatoms. The maximum absolute atomic E-state index is 10.8. The Kier molecular flexibility index (Phi) is 1.88. The van der Waals surface area contributed by atoms with E-state index in [9.17, 15) is 4.79 Å². The number of aryl methyl sites for hydroxylation is 1. The number of hydrogen-bond donors (Lipinski definition) is 1. The van der Waals surface area contributed by atoms with E-state index in [4.69, 9.17) is 5.11 Å². The van der Waals surface area contributed by atoms with Gasteiger partial charge < -0.3 is 5.11 Å². The molecule has 0 unspecified atom stereocenters. The first-order chi connectivity index (χ1) is 6.72. The van der Waals surface area contributed by atoms with Gasteiger partial charge in [-0.15, -0.1) is 5.10 Å². The normalized spacial score (nSPS) is 10.6. The highest BCUT2D eigenvalue weighted by Gasteiger charge is 2.11. The first-order valence-corrected chi connectivity index (χ1v) is 4.16. The van der Waals surface area contributed by atoms with Crippen molar-refractivity contribution in [3.8, 4) is 0 Å². The van der Waals surface area contributed by atoms with E-state index in [0.29, 0.717) is 18.0 Å². The number of aromatic nitrogens is 4. The van der Waals surface area contributed by atoms with Crippen molar-refractivity contribution in [3.05, 3.63) is 23.8 Å². The number of rotatable bonds is 2. The van der Waals surface area contributed by atoms with E-state index in [-0.39, 0.29) is 5.69 Å². The fourth-order valence-electron chi connectivity index (χ4n) is 1.15. The van der Waals surface area contributed by atoms with Gasteiger partial charge in [0.25, 0.3) is 5.78 Å². The third-order valence-electron chi connectivity index (χ3n) is 1.82. The van der Waals surface area contributed by atoms with Crippen LogP contribution in [0.2, 0.25) is 0 Å². The van der Waals surface area contributed by atoms with Crippen LogP contribution in [0.15, 0.2) is 12.3 Å². The van der Waals surface area contributed by atoms with Crippen molar-refractivity contribution in [1.82, 2.24) is 19.6 Å². The summed E-state index contributed by atoms with van der Waals surface area (Å²) < 4.78 is 1.24. The van der Waals surface area contributed by atoms with Gasteiger partial charge in [-0.25, -0.2) is 9.78 Å². The Hall–Kier alpha value is -1.98. The van der Waals surface area contributed by atoms with Crippen LogP contribution in [0.1, 0.15) is 23.2 Å². The lowest BCUT2D eigenvalue weighted by Gasteiger charge is -1.95. The van der Waals surface area contributed by atoms with Gasteiger partial charge in [-0.3, -0.25) is 0 Å². The van der Waals surface area contributed by atoms with Gasteiger partial charge in [-0.05, 0) is 6.07 Å². The van der Waals surface area contributed by atoms with Crippen molar-refractivity contribution in [2.75, 3.05) is 0 Å². The molecule has 0 amide bonds. The zero-order chi connectivity index (χ0) is 10.1. The highest BCUT2D eigenvalue weighted by molar-refractivity contribution is 5.85. The molecule has 0 spiro atoms. The molecular weight excluding hydrogens is 184 g/mol. The summed E-state index contributed by atoms with van der Waals surface area (Å²) in [5.74, 6) is -0.127. The summed E-state index contributed by atoms with van der Waals surface area (Å²) in [4.78, 5) is 18.8. The summed E-state index contributed by atoms with van der Waals surface area (Å²) in [7, 11) is 0. The fourth-order valence-corrected chi connectivity index (χ4v) is 1.15. The molecule has 0 fully saturated rings. The van der Waals surface area contributed by atoms with Crippen molar-refractivity contribution in [1.29, 1.82) is 0 Å². The van der Waals surface area contributed by atoms with Crippen molar-refractivity contribution >= 4 is 11.7 Å². The Morgan fingerprint density at radius 2 is 2.43 bits per heavy atom. The fraction of sp³-hybridized carbons (Fsp3) is 0.250. The molecule has 0 saturated heterocycles.